The number of alkyl carbamates (subject to hydrolysis) is 1. The van der Waals surface area contributed by atoms with Gasteiger partial charge in [-0.15, -0.1) is 0 Å². The maximum absolute atomic E-state index is 11.5. The molecule has 1 rings (SSSR count). The summed E-state index contributed by atoms with van der Waals surface area (Å²) in [5.41, 5.74) is 0.572. The molecule has 0 heterocycles. The molecule has 0 bridgehead atoms. The van der Waals surface area contributed by atoms with Gasteiger partial charge in [0.1, 0.15) is 11.4 Å². The fourth-order valence-electron chi connectivity index (χ4n) is 1.79. The van der Waals surface area contributed by atoms with E-state index in [2.05, 4.69) is 5.32 Å². The van der Waals surface area contributed by atoms with Gasteiger partial charge >= 0.3 is 12.1 Å². The minimum absolute atomic E-state index is 0.106. The topological polar surface area (TPSA) is 84.9 Å². The Hall–Kier alpha value is -2.24. The van der Waals surface area contributed by atoms with E-state index in [1.54, 1.807) is 0 Å². The second-order valence-corrected chi connectivity index (χ2v) is 6.17. The van der Waals surface area contributed by atoms with Gasteiger partial charge < -0.3 is 19.9 Å². The molecule has 0 aliphatic rings. The molecule has 0 saturated heterocycles. The van der Waals surface area contributed by atoms with Crippen molar-refractivity contribution in [2.75, 3.05) is 13.2 Å². The molecule has 0 radical (unpaired) electrons. The van der Waals surface area contributed by atoms with Crippen LogP contribution in [0, 0.1) is 0 Å². The molecule has 1 aromatic carbocycles. The first kappa shape index (κ1) is 18.8. The summed E-state index contributed by atoms with van der Waals surface area (Å²) in [6, 6.07) is 7.51. The van der Waals surface area contributed by atoms with Crippen molar-refractivity contribution in [2.24, 2.45) is 0 Å². The van der Waals surface area contributed by atoms with Gasteiger partial charge in [-0.3, -0.25) is 4.79 Å². The van der Waals surface area contributed by atoms with Crippen molar-refractivity contribution in [1.29, 1.82) is 0 Å². The highest BCUT2D eigenvalue weighted by atomic mass is 16.6. The second-order valence-electron chi connectivity index (χ2n) is 6.17. The third kappa shape index (κ3) is 9.39. The van der Waals surface area contributed by atoms with Crippen LogP contribution in [0.4, 0.5) is 4.79 Å². The molecular weight excluding hydrogens is 298 g/mol. The second kappa shape index (κ2) is 9.02. The van der Waals surface area contributed by atoms with Gasteiger partial charge in [-0.25, -0.2) is 4.79 Å². The predicted molar refractivity (Wildman–Crippen MR) is 86.7 cm³/mol. The summed E-state index contributed by atoms with van der Waals surface area (Å²) in [7, 11) is 0. The quantitative estimate of drug-likeness (QED) is 0.718. The maximum Gasteiger partial charge on any atom is 0.407 e. The van der Waals surface area contributed by atoms with E-state index in [0.717, 1.165) is 5.56 Å². The van der Waals surface area contributed by atoms with Gasteiger partial charge in [-0.1, -0.05) is 12.1 Å². The molecule has 0 aromatic heterocycles. The van der Waals surface area contributed by atoms with Crippen LogP contribution in [-0.4, -0.2) is 35.9 Å². The van der Waals surface area contributed by atoms with Gasteiger partial charge in [0.15, 0.2) is 0 Å². The van der Waals surface area contributed by atoms with E-state index in [4.69, 9.17) is 14.6 Å². The van der Waals surface area contributed by atoms with Gasteiger partial charge in [-0.05, 0) is 51.3 Å². The number of rotatable bonds is 8. The van der Waals surface area contributed by atoms with Gasteiger partial charge in [0.05, 0.1) is 6.61 Å². The fourth-order valence-corrected chi connectivity index (χ4v) is 1.79. The molecule has 0 aliphatic heterocycles. The molecule has 23 heavy (non-hydrogen) atoms. The lowest BCUT2D eigenvalue weighted by Crippen LogP contribution is -2.33. The van der Waals surface area contributed by atoms with Crippen molar-refractivity contribution in [2.45, 2.75) is 45.6 Å². The highest BCUT2D eigenvalue weighted by molar-refractivity contribution is 5.67. The summed E-state index contributed by atoms with van der Waals surface area (Å²) in [6.45, 7) is 6.34. The van der Waals surface area contributed by atoms with Gasteiger partial charge in [-0.2, -0.15) is 0 Å². The van der Waals surface area contributed by atoms with E-state index in [1.165, 1.54) is 0 Å². The average molecular weight is 323 g/mol. The number of carbonyl (C=O) groups excluding carboxylic acids is 1. The molecular formula is C17H25NO5. The van der Waals surface area contributed by atoms with Crippen LogP contribution in [0.1, 0.15) is 39.2 Å². The van der Waals surface area contributed by atoms with E-state index < -0.39 is 17.7 Å². The van der Waals surface area contributed by atoms with Crippen LogP contribution < -0.4 is 10.1 Å². The number of aliphatic carboxylic acids is 1. The summed E-state index contributed by atoms with van der Waals surface area (Å²) in [5, 5.41) is 11.2. The Balaban J connectivity index is 2.26. The van der Waals surface area contributed by atoms with Crippen LogP contribution in [0.15, 0.2) is 24.3 Å². The van der Waals surface area contributed by atoms with Crippen LogP contribution in [0.3, 0.4) is 0 Å². The number of amides is 1. The average Bonchev–Trinajstić information content (AvgIpc) is 2.43. The number of carbonyl (C=O) groups is 2. The molecule has 6 heteroatoms. The third-order valence-corrected chi connectivity index (χ3v) is 2.81. The number of carboxylic acids is 1. The molecule has 6 nitrogen and oxygen atoms in total. The zero-order valence-corrected chi connectivity index (χ0v) is 13.9. The zero-order chi connectivity index (χ0) is 17.3. The first-order valence-corrected chi connectivity index (χ1v) is 7.66. The van der Waals surface area contributed by atoms with Crippen molar-refractivity contribution >= 4 is 12.1 Å². The van der Waals surface area contributed by atoms with E-state index in [-0.39, 0.29) is 6.42 Å². The summed E-state index contributed by atoms with van der Waals surface area (Å²) < 4.78 is 10.6. The lowest BCUT2D eigenvalue weighted by molar-refractivity contribution is -0.137. The molecule has 0 spiro atoms. The van der Waals surface area contributed by atoms with Gasteiger partial charge in [0.2, 0.25) is 0 Å². The van der Waals surface area contributed by atoms with Crippen LogP contribution >= 0.6 is 0 Å². The summed E-state index contributed by atoms with van der Waals surface area (Å²) in [4.78, 5) is 21.9. The number of hydrogen-bond donors (Lipinski definition) is 2. The highest BCUT2D eigenvalue weighted by Crippen LogP contribution is 2.13. The lowest BCUT2D eigenvalue weighted by Gasteiger charge is -2.19. The van der Waals surface area contributed by atoms with Crippen LogP contribution in [-0.2, 0) is 16.0 Å². The Morgan fingerprint density at radius 2 is 1.83 bits per heavy atom. The predicted octanol–water partition coefficient (Wildman–Crippen LogP) is 3.00. The van der Waals surface area contributed by atoms with Crippen LogP contribution in [0.5, 0.6) is 5.75 Å². The van der Waals surface area contributed by atoms with Crippen molar-refractivity contribution in [3.05, 3.63) is 29.8 Å². The first-order valence-electron chi connectivity index (χ1n) is 7.66. The molecule has 0 unspecified atom stereocenters. The standard InChI is InChI=1S/C17H25NO5/c1-17(2,3)23-16(21)18-11-10-13-6-8-14(9-7-13)22-12-4-5-15(19)20/h6-9H,4-5,10-12H2,1-3H3,(H,18,21)(H,19,20). The van der Waals surface area contributed by atoms with E-state index in [9.17, 15) is 9.59 Å². The molecule has 0 saturated carbocycles. The van der Waals surface area contributed by atoms with Crippen LogP contribution in [0.25, 0.3) is 0 Å². The SMILES string of the molecule is CC(C)(C)OC(=O)NCCc1ccc(OCCCC(=O)O)cc1. The van der Waals surface area contributed by atoms with Crippen molar-refractivity contribution in [3.63, 3.8) is 0 Å². The van der Waals surface area contributed by atoms with Gasteiger partial charge in [0, 0.05) is 13.0 Å². The van der Waals surface area contributed by atoms with E-state index in [0.29, 0.717) is 31.7 Å². The minimum atomic E-state index is -0.818. The van der Waals surface area contributed by atoms with Crippen molar-refractivity contribution in [3.8, 4) is 5.75 Å². The third-order valence-electron chi connectivity index (χ3n) is 2.81. The zero-order valence-electron chi connectivity index (χ0n) is 13.9. The largest absolute Gasteiger partial charge is 0.494 e. The number of ether oxygens (including phenoxy) is 2. The van der Waals surface area contributed by atoms with Crippen molar-refractivity contribution < 1.29 is 24.2 Å². The molecule has 0 fully saturated rings. The monoisotopic (exact) mass is 323 g/mol. The summed E-state index contributed by atoms with van der Waals surface area (Å²) in [5.74, 6) is -0.110. The molecule has 1 amide bonds. The van der Waals surface area contributed by atoms with Crippen molar-refractivity contribution in [1.82, 2.24) is 5.32 Å². The minimum Gasteiger partial charge on any atom is -0.494 e. The Morgan fingerprint density at radius 1 is 1.17 bits per heavy atom. The number of benzene rings is 1. The lowest BCUT2D eigenvalue weighted by atomic mass is 10.1. The Morgan fingerprint density at radius 3 is 2.39 bits per heavy atom. The van der Waals surface area contributed by atoms with Crippen LogP contribution in [0.2, 0.25) is 0 Å². The first-order chi connectivity index (χ1) is 10.8. The van der Waals surface area contributed by atoms with Gasteiger partial charge in [0.25, 0.3) is 0 Å². The highest BCUT2D eigenvalue weighted by Gasteiger charge is 2.15. The number of carboxylic acid groups (broad SMARTS) is 1. The Bertz CT molecular complexity index is 505. The van der Waals surface area contributed by atoms with E-state index in [1.807, 2.05) is 45.0 Å². The summed E-state index contributed by atoms with van der Waals surface area (Å²) >= 11 is 0. The smallest absolute Gasteiger partial charge is 0.407 e. The molecule has 0 atom stereocenters. The Kier molecular flexibility index (Phi) is 7.38. The fraction of sp³-hybridized carbons (Fsp3) is 0.529. The summed E-state index contributed by atoms with van der Waals surface area (Å²) in [6.07, 6.45) is 0.861. The molecule has 128 valence electrons. The number of nitrogens with one attached hydrogen (secondary N) is 1. The maximum atomic E-state index is 11.5. The Labute approximate surface area is 136 Å². The number of hydrogen-bond acceptors (Lipinski definition) is 4. The molecule has 2 N–H and O–H groups in total. The molecule has 0 aliphatic carbocycles. The van der Waals surface area contributed by atoms with E-state index >= 15 is 0 Å². The normalized spacial score (nSPS) is 10.9. The molecule has 1 aromatic rings.